The van der Waals surface area contributed by atoms with E-state index in [0.29, 0.717) is 19.3 Å². The standard InChI is InChI=1S/C51H92O6/c1-4-7-10-13-16-19-22-24-26-29-32-35-38-41-44-50(53)56-47-48(46-55-49(52)43-40-37-34-31-28-21-18-15-12-9-6-3)57-51(54)45-42-39-36-33-30-27-25-23-20-17-14-11-8-5-2/h7,10,15-16,18-19,48H,4-6,8-9,11-14,17,20-47H2,1-3H3/b10-7-,18-15-,19-16-. The Morgan fingerprint density at radius 2 is 0.702 bits per heavy atom. The summed E-state index contributed by atoms with van der Waals surface area (Å²) in [7, 11) is 0. The molecule has 0 fully saturated rings. The van der Waals surface area contributed by atoms with Gasteiger partial charge in [0.15, 0.2) is 6.10 Å². The second-order valence-corrected chi connectivity index (χ2v) is 16.3. The van der Waals surface area contributed by atoms with Gasteiger partial charge in [-0.05, 0) is 64.2 Å². The Balaban J connectivity index is 4.36. The van der Waals surface area contributed by atoms with E-state index in [-0.39, 0.29) is 31.1 Å². The molecule has 0 spiro atoms. The third-order valence-electron chi connectivity index (χ3n) is 10.6. The molecule has 0 aliphatic heterocycles. The van der Waals surface area contributed by atoms with E-state index in [4.69, 9.17) is 14.2 Å². The van der Waals surface area contributed by atoms with Gasteiger partial charge in [0, 0.05) is 19.3 Å². The van der Waals surface area contributed by atoms with Gasteiger partial charge in [-0.2, -0.15) is 0 Å². The predicted octanol–water partition coefficient (Wildman–Crippen LogP) is 15.8. The van der Waals surface area contributed by atoms with Crippen molar-refractivity contribution in [3.63, 3.8) is 0 Å². The van der Waals surface area contributed by atoms with Gasteiger partial charge in [0.05, 0.1) is 0 Å². The van der Waals surface area contributed by atoms with Crippen molar-refractivity contribution in [2.45, 2.75) is 258 Å². The second-order valence-electron chi connectivity index (χ2n) is 16.3. The Hall–Kier alpha value is -2.37. The molecule has 1 atom stereocenters. The van der Waals surface area contributed by atoms with Crippen LogP contribution in [0.4, 0.5) is 0 Å². The van der Waals surface area contributed by atoms with Crippen molar-refractivity contribution in [1.29, 1.82) is 0 Å². The van der Waals surface area contributed by atoms with Crippen LogP contribution in [0, 0.1) is 0 Å². The third kappa shape index (κ3) is 44.6. The number of carbonyl (C=O) groups excluding carboxylic acids is 3. The highest BCUT2D eigenvalue weighted by Gasteiger charge is 2.19. The monoisotopic (exact) mass is 801 g/mol. The summed E-state index contributed by atoms with van der Waals surface area (Å²) in [6, 6.07) is 0. The number of esters is 3. The van der Waals surface area contributed by atoms with Gasteiger partial charge >= 0.3 is 17.9 Å². The van der Waals surface area contributed by atoms with Crippen molar-refractivity contribution >= 4 is 17.9 Å². The zero-order chi connectivity index (χ0) is 41.5. The fourth-order valence-corrected chi connectivity index (χ4v) is 6.93. The molecule has 0 aromatic rings. The van der Waals surface area contributed by atoms with Gasteiger partial charge < -0.3 is 14.2 Å². The number of unbranched alkanes of at least 4 members (excludes halogenated alkanes) is 27. The van der Waals surface area contributed by atoms with E-state index in [0.717, 1.165) is 83.5 Å². The smallest absolute Gasteiger partial charge is 0.306 e. The maximum atomic E-state index is 12.8. The van der Waals surface area contributed by atoms with Crippen molar-refractivity contribution in [2.24, 2.45) is 0 Å². The van der Waals surface area contributed by atoms with Crippen LogP contribution in [0.3, 0.4) is 0 Å². The van der Waals surface area contributed by atoms with Crippen LogP contribution >= 0.6 is 0 Å². The van der Waals surface area contributed by atoms with Crippen LogP contribution in [0.5, 0.6) is 0 Å². The molecule has 0 aromatic heterocycles. The summed E-state index contributed by atoms with van der Waals surface area (Å²) >= 11 is 0. The highest BCUT2D eigenvalue weighted by Crippen LogP contribution is 2.15. The molecule has 6 nitrogen and oxygen atoms in total. The zero-order valence-corrected chi connectivity index (χ0v) is 37.9. The maximum Gasteiger partial charge on any atom is 0.306 e. The third-order valence-corrected chi connectivity index (χ3v) is 10.6. The summed E-state index contributed by atoms with van der Waals surface area (Å²) in [6.45, 7) is 6.49. The first-order chi connectivity index (χ1) is 28.0. The molecule has 0 rings (SSSR count). The fourth-order valence-electron chi connectivity index (χ4n) is 6.93. The maximum absolute atomic E-state index is 12.8. The Bertz CT molecular complexity index is 969. The molecule has 0 heterocycles. The molecule has 0 radical (unpaired) electrons. The largest absolute Gasteiger partial charge is 0.462 e. The van der Waals surface area contributed by atoms with Gasteiger partial charge in [0.1, 0.15) is 13.2 Å². The normalized spacial score (nSPS) is 12.3. The lowest BCUT2D eigenvalue weighted by Crippen LogP contribution is -2.30. The Morgan fingerprint density at radius 1 is 0.368 bits per heavy atom. The lowest BCUT2D eigenvalue weighted by Gasteiger charge is -2.18. The Morgan fingerprint density at radius 3 is 1.12 bits per heavy atom. The van der Waals surface area contributed by atoms with Crippen LogP contribution in [0.1, 0.15) is 252 Å². The SMILES string of the molecule is CC/C=C\C/C=C\CCCCCCCCCC(=O)OCC(COC(=O)CCCCCCC/C=C\CCCC)OC(=O)CCCCCCCCCCCCCCCC. The van der Waals surface area contributed by atoms with Crippen molar-refractivity contribution in [3.05, 3.63) is 36.5 Å². The first-order valence-corrected chi connectivity index (χ1v) is 24.5. The Kier molecular flexibility index (Phi) is 44.4. The van der Waals surface area contributed by atoms with E-state index in [9.17, 15) is 14.4 Å². The van der Waals surface area contributed by atoms with E-state index in [2.05, 4.69) is 57.2 Å². The molecule has 0 saturated carbocycles. The van der Waals surface area contributed by atoms with Crippen molar-refractivity contribution in [2.75, 3.05) is 13.2 Å². The molecule has 0 aliphatic rings. The van der Waals surface area contributed by atoms with Crippen LogP contribution in [-0.4, -0.2) is 37.2 Å². The summed E-state index contributed by atoms with van der Waals surface area (Å²) in [5, 5.41) is 0. The molecule has 57 heavy (non-hydrogen) atoms. The van der Waals surface area contributed by atoms with Gasteiger partial charge in [-0.1, -0.05) is 205 Å². The zero-order valence-electron chi connectivity index (χ0n) is 37.9. The molecule has 0 N–H and O–H groups in total. The van der Waals surface area contributed by atoms with Gasteiger partial charge in [0.2, 0.25) is 0 Å². The van der Waals surface area contributed by atoms with Gasteiger partial charge in [-0.25, -0.2) is 0 Å². The average Bonchev–Trinajstić information content (AvgIpc) is 3.21. The van der Waals surface area contributed by atoms with Gasteiger partial charge in [0.25, 0.3) is 0 Å². The average molecular weight is 801 g/mol. The second kappa shape index (κ2) is 46.3. The predicted molar refractivity (Wildman–Crippen MR) is 242 cm³/mol. The molecular formula is C51H92O6. The highest BCUT2D eigenvalue weighted by molar-refractivity contribution is 5.71. The van der Waals surface area contributed by atoms with E-state index < -0.39 is 6.10 Å². The summed E-state index contributed by atoms with van der Waals surface area (Å²) < 4.78 is 16.7. The van der Waals surface area contributed by atoms with Crippen molar-refractivity contribution in [3.8, 4) is 0 Å². The summed E-state index contributed by atoms with van der Waals surface area (Å²) in [6.07, 6.45) is 52.7. The highest BCUT2D eigenvalue weighted by atomic mass is 16.6. The van der Waals surface area contributed by atoms with Gasteiger partial charge in [-0.15, -0.1) is 0 Å². The molecule has 1 unspecified atom stereocenters. The van der Waals surface area contributed by atoms with E-state index in [1.54, 1.807) is 0 Å². The first kappa shape index (κ1) is 54.6. The Labute approximate surface area is 353 Å². The topological polar surface area (TPSA) is 78.9 Å². The minimum Gasteiger partial charge on any atom is -0.462 e. The lowest BCUT2D eigenvalue weighted by atomic mass is 10.0. The summed E-state index contributed by atoms with van der Waals surface area (Å²) in [4.78, 5) is 37.8. The fraction of sp³-hybridized carbons (Fsp3) is 0.824. The number of hydrogen-bond acceptors (Lipinski definition) is 6. The number of ether oxygens (including phenoxy) is 3. The van der Waals surface area contributed by atoms with E-state index in [1.165, 1.54) is 128 Å². The van der Waals surface area contributed by atoms with Crippen LogP contribution in [0.2, 0.25) is 0 Å². The first-order valence-electron chi connectivity index (χ1n) is 24.5. The summed E-state index contributed by atoms with van der Waals surface area (Å²) in [5.41, 5.74) is 0. The molecule has 0 saturated heterocycles. The minimum atomic E-state index is -0.773. The molecule has 0 bridgehead atoms. The van der Waals surface area contributed by atoms with Crippen LogP contribution < -0.4 is 0 Å². The van der Waals surface area contributed by atoms with Gasteiger partial charge in [-0.3, -0.25) is 14.4 Å². The molecule has 0 aliphatic carbocycles. The van der Waals surface area contributed by atoms with Crippen LogP contribution in [0.25, 0.3) is 0 Å². The molecule has 0 aromatic carbocycles. The number of rotatable bonds is 44. The molecule has 332 valence electrons. The van der Waals surface area contributed by atoms with E-state index in [1.807, 2.05) is 0 Å². The lowest BCUT2D eigenvalue weighted by molar-refractivity contribution is -0.167. The van der Waals surface area contributed by atoms with Crippen LogP contribution in [-0.2, 0) is 28.6 Å². The molecule has 0 amide bonds. The van der Waals surface area contributed by atoms with E-state index >= 15 is 0 Å². The van der Waals surface area contributed by atoms with Crippen molar-refractivity contribution in [1.82, 2.24) is 0 Å². The van der Waals surface area contributed by atoms with Crippen molar-refractivity contribution < 1.29 is 28.6 Å². The van der Waals surface area contributed by atoms with Crippen LogP contribution in [0.15, 0.2) is 36.5 Å². The minimum absolute atomic E-state index is 0.0766. The summed E-state index contributed by atoms with van der Waals surface area (Å²) in [5.74, 6) is -0.887. The number of hydrogen-bond donors (Lipinski definition) is 0. The molecule has 6 heteroatoms. The number of allylic oxidation sites excluding steroid dienone is 6. The quantitative estimate of drug-likeness (QED) is 0.0264. The molecular weight excluding hydrogens is 709 g/mol. The number of carbonyl (C=O) groups is 3.